The van der Waals surface area contributed by atoms with Crippen molar-refractivity contribution >= 4 is 23.3 Å². The normalized spacial score (nSPS) is 11.6. The molecule has 0 heterocycles. The molecule has 0 fully saturated rings. The molecule has 68 heavy (non-hydrogen) atoms. The van der Waals surface area contributed by atoms with Crippen molar-refractivity contribution in [1.82, 2.24) is 0 Å². The molecule has 5 heteroatoms. The van der Waals surface area contributed by atoms with Gasteiger partial charge in [-0.05, 0) is 104 Å². The summed E-state index contributed by atoms with van der Waals surface area (Å²) in [6.45, 7) is 12.9. The molecule has 0 unspecified atom stereocenters. The van der Waals surface area contributed by atoms with Crippen LogP contribution in [0.3, 0.4) is 0 Å². The SMILES string of the molecule is CCCCCCCCCCCCCCCCCCCCCCCCCCCC=CC(C=Nc1ccc(CC)cc1)=Nc1ccc(CC)cc1.CCCCCc1cc([O-])c([O-])c(CC)c1CCC.[Ni+2]. The molecule has 0 bridgehead atoms. The zero-order valence-electron chi connectivity index (χ0n) is 44.7. The van der Waals surface area contributed by atoms with Gasteiger partial charge < -0.3 is 10.2 Å². The van der Waals surface area contributed by atoms with Gasteiger partial charge in [-0.25, -0.2) is 4.99 Å². The average Bonchev–Trinajstić information content (AvgIpc) is 3.35. The van der Waals surface area contributed by atoms with Crippen LogP contribution in [0.25, 0.3) is 0 Å². The van der Waals surface area contributed by atoms with Gasteiger partial charge in [0.25, 0.3) is 0 Å². The first kappa shape index (κ1) is 62.8. The van der Waals surface area contributed by atoms with E-state index in [1.165, 1.54) is 184 Å². The molecule has 0 aliphatic heterocycles. The first-order valence-electron chi connectivity index (χ1n) is 28.4. The van der Waals surface area contributed by atoms with E-state index in [2.05, 4.69) is 95.3 Å². The number of rotatable bonds is 39. The molecule has 3 aromatic carbocycles. The number of aryl methyl sites for hydroxylation is 3. The molecule has 3 rings (SSSR count). The third-order valence-corrected chi connectivity index (χ3v) is 13.5. The van der Waals surface area contributed by atoms with E-state index in [9.17, 15) is 10.2 Å². The average molecular weight is 976 g/mol. The Balaban J connectivity index is 0.00000102. The summed E-state index contributed by atoms with van der Waals surface area (Å²) in [7, 11) is 0. The second kappa shape index (κ2) is 43.8. The smallest absolute Gasteiger partial charge is 0.873 e. The Morgan fingerprint density at radius 3 is 1.26 bits per heavy atom. The monoisotopic (exact) mass is 975 g/mol. The molecule has 0 radical (unpaired) electrons. The van der Waals surface area contributed by atoms with Crippen molar-refractivity contribution in [2.45, 2.75) is 266 Å². The Morgan fingerprint density at radius 2 is 0.853 bits per heavy atom. The van der Waals surface area contributed by atoms with Gasteiger partial charge in [-0.15, -0.1) is 11.5 Å². The molecule has 0 aliphatic rings. The number of unbranched alkanes of at least 4 members (excludes halogenated alkanes) is 27. The molecular weight excluding hydrogens is 875 g/mol. The molecule has 4 nitrogen and oxygen atoms in total. The van der Waals surface area contributed by atoms with Crippen molar-refractivity contribution < 1.29 is 26.7 Å². The summed E-state index contributed by atoms with van der Waals surface area (Å²) >= 11 is 0. The van der Waals surface area contributed by atoms with Crippen LogP contribution in [0, 0.1) is 0 Å². The van der Waals surface area contributed by atoms with Crippen LogP contribution in [0.15, 0.2) is 76.7 Å². The van der Waals surface area contributed by atoms with Crippen molar-refractivity contribution in [3.8, 4) is 11.5 Å². The Morgan fingerprint density at radius 1 is 0.441 bits per heavy atom. The fourth-order valence-electron chi connectivity index (χ4n) is 9.14. The number of hydrogen-bond donors (Lipinski definition) is 0. The summed E-state index contributed by atoms with van der Waals surface area (Å²) in [5.74, 6) is -0.599. The maximum Gasteiger partial charge on any atom is 2.00 e. The van der Waals surface area contributed by atoms with Crippen molar-refractivity contribution in [1.29, 1.82) is 0 Å². The topological polar surface area (TPSA) is 70.8 Å². The number of benzene rings is 3. The van der Waals surface area contributed by atoms with Crippen LogP contribution < -0.4 is 10.2 Å². The van der Waals surface area contributed by atoms with E-state index in [0.717, 1.165) is 78.7 Å². The fourth-order valence-corrected chi connectivity index (χ4v) is 9.14. The minimum absolute atomic E-state index is 0. The van der Waals surface area contributed by atoms with Gasteiger partial charge in [0, 0.05) is 0 Å². The summed E-state index contributed by atoms with van der Waals surface area (Å²) in [4.78, 5) is 9.62. The van der Waals surface area contributed by atoms with E-state index < -0.39 is 0 Å². The van der Waals surface area contributed by atoms with E-state index in [0.29, 0.717) is 6.42 Å². The predicted molar refractivity (Wildman–Crippen MR) is 294 cm³/mol. The van der Waals surface area contributed by atoms with E-state index in [1.54, 1.807) is 6.07 Å². The summed E-state index contributed by atoms with van der Waals surface area (Å²) in [6, 6.07) is 18.6. The molecule has 0 saturated carbocycles. The van der Waals surface area contributed by atoms with Crippen LogP contribution in [0.1, 0.15) is 262 Å². The van der Waals surface area contributed by atoms with Gasteiger partial charge in [0.1, 0.15) is 0 Å². The van der Waals surface area contributed by atoms with Crippen LogP contribution >= 0.6 is 0 Å². The first-order valence-corrected chi connectivity index (χ1v) is 28.4. The Labute approximate surface area is 430 Å². The quantitative estimate of drug-likeness (QED) is 0.0325. The number of hydrogen-bond acceptors (Lipinski definition) is 4. The van der Waals surface area contributed by atoms with E-state index >= 15 is 0 Å². The molecule has 384 valence electrons. The maximum absolute atomic E-state index is 11.9. The number of nitrogens with zero attached hydrogens (tertiary/aromatic N) is 2. The van der Waals surface area contributed by atoms with E-state index in [1.807, 2.05) is 13.1 Å². The second-order valence-electron chi connectivity index (χ2n) is 19.4. The van der Waals surface area contributed by atoms with Crippen LogP contribution in [-0.2, 0) is 48.6 Å². The van der Waals surface area contributed by atoms with Crippen LogP contribution in [0.5, 0.6) is 11.5 Å². The van der Waals surface area contributed by atoms with E-state index in [4.69, 9.17) is 9.98 Å². The molecule has 0 aliphatic carbocycles. The summed E-state index contributed by atoms with van der Waals surface area (Å²) < 4.78 is 0. The van der Waals surface area contributed by atoms with E-state index in [-0.39, 0.29) is 28.0 Å². The Kier molecular flexibility index (Phi) is 40.5. The Bertz CT molecular complexity index is 1710. The van der Waals surface area contributed by atoms with Crippen LogP contribution in [0.2, 0.25) is 0 Å². The van der Waals surface area contributed by atoms with Gasteiger partial charge in [-0.2, -0.15) is 0 Å². The number of aliphatic imine (C=N–C) groups is 2. The van der Waals surface area contributed by atoms with Crippen LogP contribution in [0.4, 0.5) is 11.4 Å². The summed E-state index contributed by atoms with van der Waals surface area (Å²) in [5, 5.41) is 23.6. The largest absolute Gasteiger partial charge is 2.00 e. The third-order valence-electron chi connectivity index (χ3n) is 13.5. The van der Waals surface area contributed by atoms with Gasteiger partial charge in [-0.1, -0.05) is 257 Å². The maximum atomic E-state index is 11.9. The summed E-state index contributed by atoms with van der Waals surface area (Å²) in [5.41, 5.74) is 8.57. The van der Waals surface area contributed by atoms with Gasteiger partial charge in [0.05, 0.1) is 23.3 Å². The fraction of sp³-hybridized carbons (Fsp3) is 0.651. The molecule has 0 amide bonds. The summed E-state index contributed by atoms with van der Waals surface area (Å²) in [6.07, 6.45) is 52.5. The molecule has 0 spiro atoms. The van der Waals surface area contributed by atoms with Gasteiger partial charge in [0.2, 0.25) is 0 Å². The first-order chi connectivity index (χ1) is 32.9. The minimum atomic E-state index is -0.321. The second-order valence-corrected chi connectivity index (χ2v) is 19.4. The molecule has 0 atom stereocenters. The molecular formula is C63H100N2NiO2. The van der Waals surface area contributed by atoms with Crippen LogP contribution in [-0.4, -0.2) is 11.9 Å². The minimum Gasteiger partial charge on any atom is -0.873 e. The number of allylic oxidation sites excluding steroid dienone is 2. The predicted octanol–water partition coefficient (Wildman–Crippen LogP) is 19.1. The van der Waals surface area contributed by atoms with Crippen molar-refractivity contribution in [3.05, 3.63) is 94.6 Å². The molecule has 0 aromatic heterocycles. The molecule has 0 N–H and O–H groups in total. The Hall–Kier alpha value is -3.17. The molecule has 0 saturated heterocycles. The molecule has 3 aromatic rings. The van der Waals surface area contributed by atoms with Gasteiger partial charge in [-0.3, -0.25) is 4.99 Å². The zero-order chi connectivity index (χ0) is 48.4. The van der Waals surface area contributed by atoms with Crippen molar-refractivity contribution in [2.24, 2.45) is 9.98 Å². The van der Waals surface area contributed by atoms with Gasteiger partial charge >= 0.3 is 16.5 Å². The van der Waals surface area contributed by atoms with Gasteiger partial charge in [0.15, 0.2) is 0 Å². The zero-order valence-corrected chi connectivity index (χ0v) is 45.7. The van der Waals surface area contributed by atoms with Crippen molar-refractivity contribution in [2.75, 3.05) is 0 Å². The standard InChI is InChI=1S/C47H76N2.C16H26O2.Ni/c1-4-7-8-9-10-11-12-13-14-15-16-17-18-19-20-21-22-23-24-25-26-27-28-29-30-31-32-33-47(49-46-40-36-44(6-3)37-41-46)42-48-45-38-34-43(5-2)35-39-45;1-4-7-8-10-12-11-15(17)16(18)13(6-3)14(12)9-5-2;/h32-42H,4-31H2,1-3H3;11,17-18H,4-10H2,1-3H3;/q;;+2/p-2. The third kappa shape index (κ3) is 30.4. The van der Waals surface area contributed by atoms with Crippen molar-refractivity contribution in [3.63, 3.8) is 0 Å².